The molecule has 0 bridgehead atoms. The van der Waals surface area contributed by atoms with E-state index in [9.17, 15) is 0 Å². The first-order valence-corrected chi connectivity index (χ1v) is 5.38. The smallest absolute Gasteiger partial charge is 0.475 e. The van der Waals surface area contributed by atoms with Gasteiger partial charge in [0.05, 0.1) is 18.6 Å². The lowest BCUT2D eigenvalue weighted by molar-refractivity contribution is 0.292. The van der Waals surface area contributed by atoms with Crippen molar-refractivity contribution in [3.8, 4) is 17.6 Å². The molecular weight excluding hydrogens is 251 g/mol. The Kier molecular flexibility index (Phi) is 3.05. The maximum atomic E-state index is 5.44. The number of H-pyrrole nitrogens is 3. The first kappa shape index (κ1) is 11.2. The van der Waals surface area contributed by atoms with Gasteiger partial charge >= 0.3 is 7.32 Å². The van der Waals surface area contributed by atoms with E-state index in [1.165, 1.54) is 0 Å². The van der Waals surface area contributed by atoms with E-state index in [1.807, 2.05) is 0 Å². The second-order valence-electron chi connectivity index (χ2n) is 3.40. The standard InChI is InChI=1S/C9H9BN6O3/c1-4-11-14-7(1)17-10(18-8-2-5-12-15-8)19-9-3-6-13-16-9/h1-6H,(H,11,14)(H,12,15)(H,13,16). The molecule has 0 aliphatic carbocycles. The van der Waals surface area contributed by atoms with Gasteiger partial charge < -0.3 is 14.0 Å². The van der Waals surface area contributed by atoms with Crippen LogP contribution in [0.3, 0.4) is 0 Å². The van der Waals surface area contributed by atoms with Gasteiger partial charge in [0.25, 0.3) is 0 Å². The molecule has 0 amide bonds. The maximum Gasteiger partial charge on any atom is 0.867 e. The van der Waals surface area contributed by atoms with Crippen molar-refractivity contribution in [2.75, 3.05) is 0 Å². The third-order valence-corrected chi connectivity index (χ3v) is 2.10. The van der Waals surface area contributed by atoms with Crippen LogP contribution in [0.25, 0.3) is 0 Å². The second-order valence-corrected chi connectivity index (χ2v) is 3.40. The number of aromatic amines is 3. The highest BCUT2D eigenvalue weighted by atomic mass is 16.7. The summed E-state index contributed by atoms with van der Waals surface area (Å²) in [4.78, 5) is 0. The molecule has 0 radical (unpaired) electrons. The predicted octanol–water partition coefficient (Wildman–Crippen LogP) is 0.378. The van der Waals surface area contributed by atoms with Crippen molar-refractivity contribution in [2.24, 2.45) is 0 Å². The molecule has 0 aliphatic heterocycles. The van der Waals surface area contributed by atoms with Crippen molar-refractivity contribution >= 4 is 7.32 Å². The Balaban J connectivity index is 1.70. The maximum absolute atomic E-state index is 5.44. The number of aromatic nitrogens is 6. The van der Waals surface area contributed by atoms with Crippen LogP contribution < -0.4 is 14.0 Å². The van der Waals surface area contributed by atoms with Crippen molar-refractivity contribution < 1.29 is 14.0 Å². The van der Waals surface area contributed by atoms with Crippen LogP contribution in [0.4, 0.5) is 0 Å². The summed E-state index contributed by atoms with van der Waals surface area (Å²) in [5.41, 5.74) is 0. The van der Waals surface area contributed by atoms with Crippen LogP contribution in [-0.4, -0.2) is 37.9 Å². The summed E-state index contributed by atoms with van der Waals surface area (Å²) < 4.78 is 16.3. The van der Waals surface area contributed by atoms with E-state index in [4.69, 9.17) is 14.0 Å². The Morgan fingerprint density at radius 1 is 0.684 bits per heavy atom. The van der Waals surface area contributed by atoms with E-state index in [0.717, 1.165) is 0 Å². The molecule has 19 heavy (non-hydrogen) atoms. The normalized spacial score (nSPS) is 10.1. The summed E-state index contributed by atoms with van der Waals surface area (Å²) >= 11 is 0. The molecular formula is C9H9BN6O3. The molecule has 0 fully saturated rings. The second kappa shape index (κ2) is 5.17. The van der Waals surface area contributed by atoms with E-state index < -0.39 is 7.32 Å². The molecule has 96 valence electrons. The Labute approximate surface area is 107 Å². The number of hydrogen-bond acceptors (Lipinski definition) is 6. The van der Waals surface area contributed by atoms with Crippen LogP contribution in [0.1, 0.15) is 0 Å². The van der Waals surface area contributed by atoms with E-state index in [2.05, 4.69) is 30.6 Å². The number of nitrogens with one attached hydrogen (secondary N) is 3. The largest absolute Gasteiger partial charge is 0.867 e. The molecule has 3 aromatic rings. The Morgan fingerprint density at radius 3 is 1.32 bits per heavy atom. The molecule has 0 spiro atoms. The first-order valence-electron chi connectivity index (χ1n) is 5.38. The van der Waals surface area contributed by atoms with Gasteiger partial charge in [-0.25, -0.2) is 15.3 Å². The minimum atomic E-state index is -1.03. The summed E-state index contributed by atoms with van der Waals surface area (Å²) in [5.74, 6) is 1.22. The van der Waals surface area contributed by atoms with Gasteiger partial charge in [-0.15, -0.1) is 0 Å². The third-order valence-electron chi connectivity index (χ3n) is 2.10. The zero-order valence-electron chi connectivity index (χ0n) is 9.61. The Morgan fingerprint density at radius 2 is 1.05 bits per heavy atom. The van der Waals surface area contributed by atoms with E-state index in [1.54, 1.807) is 36.8 Å². The fraction of sp³-hybridized carbons (Fsp3) is 0. The molecule has 3 heterocycles. The minimum absolute atomic E-state index is 0.407. The molecule has 0 aromatic carbocycles. The van der Waals surface area contributed by atoms with Crippen molar-refractivity contribution in [3.05, 3.63) is 36.8 Å². The average Bonchev–Trinajstić information content (AvgIpc) is 3.10. The number of rotatable bonds is 6. The molecule has 3 aromatic heterocycles. The summed E-state index contributed by atoms with van der Waals surface area (Å²) in [6.45, 7) is 0. The molecule has 9 nitrogen and oxygen atoms in total. The monoisotopic (exact) mass is 260 g/mol. The summed E-state index contributed by atoms with van der Waals surface area (Å²) in [7, 11) is -1.03. The lowest BCUT2D eigenvalue weighted by Gasteiger charge is -2.12. The number of nitrogens with zero attached hydrogens (tertiary/aromatic N) is 3. The summed E-state index contributed by atoms with van der Waals surface area (Å²) in [6.07, 6.45) is 4.66. The van der Waals surface area contributed by atoms with Crippen LogP contribution in [0, 0.1) is 0 Å². The predicted molar refractivity (Wildman–Crippen MR) is 63.4 cm³/mol. The van der Waals surface area contributed by atoms with Gasteiger partial charge in [-0.1, -0.05) is 0 Å². The highest BCUT2D eigenvalue weighted by Gasteiger charge is 2.31. The molecule has 0 atom stereocenters. The summed E-state index contributed by atoms with van der Waals surface area (Å²) in [6, 6.07) is 4.92. The Hall–Kier alpha value is -2.91. The van der Waals surface area contributed by atoms with Crippen LogP contribution in [-0.2, 0) is 0 Å². The van der Waals surface area contributed by atoms with Crippen molar-refractivity contribution in [2.45, 2.75) is 0 Å². The first-order chi connectivity index (χ1) is 9.40. The van der Waals surface area contributed by atoms with Crippen LogP contribution in [0.5, 0.6) is 17.6 Å². The van der Waals surface area contributed by atoms with E-state index in [0.29, 0.717) is 17.6 Å². The highest BCUT2D eigenvalue weighted by molar-refractivity contribution is 6.39. The van der Waals surface area contributed by atoms with Gasteiger partial charge in [-0.3, -0.25) is 0 Å². The SMILES string of the molecule is c1cc(OB(Oc2ccn[nH]2)Oc2ccn[nH]2)[nH]n1. The quantitative estimate of drug-likeness (QED) is 0.552. The number of hydrogen-bond donors (Lipinski definition) is 3. The highest BCUT2D eigenvalue weighted by Crippen LogP contribution is 2.12. The minimum Gasteiger partial charge on any atom is -0.475 e. The Bertz CT molecular complexity index is 495. The van der Waals surface area contributed by atoms with Crippen molar-refractivity contribution in [1.82, 2.24) is 30.6 Å². The van der Waals surface area contributed by atoms with Crippen molar-refractivity contribution in [1.29, 1.82) is 0 Å². The zero-order chi connectivity index (χ0) is 12.9. The average molecular weight is 260 g/mol. The van der Waals surface area contributed by atoms with Gasteiger partial charge in [-0.2, -0.15) is 15.3 Å². The van der Waals surface area contributed by atoms with Gasteiger partial charge in [0, 0.05) is 18.2 Å². The van der Waals surface area contributed by atoms with Gasteiger partial charge in [-0.05, 0) is 0 Å². The molecule has 0 saturated carbocycles. The van der Waals surface area contributed by atoms with E-state index >= 15 is 0 Å². The molecule has 0 aliphatic rings. The molecule has 3 rings (SSSR count). The fourth-order valence-electron chi connectivity index (χ4n) is 1.31. The molecule has 0 unspecified atom stereocenters. The van der Waals surface area contributed by atoms with Gasteiger partial charge in [0.15, 0.2) is 17.6 Å². The topological polar surface area (TPSA) is 114 Å². The van der Waals surface area contributed by atoms with Gasteiger partial charge in [0.1, 0.15) is 0 Å². The zero-order valence-corrected chi connectivity index (χ0v) is 9.61. The summed E-state index contributed by atoms with van der Waals surface area (Å²) in [5, 5.41) is 19.2. The van der Waals surface area contributed by atoms with Crippen LogP contribution >= 0.6 is 0 Å². The lowest BCUT2D eigenvalue weighted by Crippen LogP contribution is -2.37. The molecule has 3 N–H and O–H groups in total. The van der Waals surface area contributed by atoms with Gasteiger partial charge in [0.2, 0.25) is 0 Å². The van der Waals surface area contributed by atoms with Crippen LogP contribution in [0.15, 0.2) is 36.8 Å². The van der Waals surface area contributed by atoms with Crippen molar-refractivity contribution in [3.63, 3.8) is 0 Å². The van der Waals surface area contributed by atoms with E-state index in [-0.39, 0.29) is 0 Å². The third kappa shape index (κ3) is 2.86. The molecule has 0 saturated heterocycles. The molecule has 10 heteroatoms. The lowest BCUT2D eigenvalue weighted by atomic mass is 10.2. The fourth-order valence-corrected chi connectivity index (χ4v) is 1.31. The van der Waals surface area contributed by atoms with Crippen LogP contribution in [0.2, 0.25) is 0 Å².